The molecule has 1 N–H and O–H groups in total. The van der Waals surface area contributed by atoms with Gasteiger partial charge in [0.05, 0.1) is 17.9 Å². The second-order valence-corrected chi connectivity index (χ2v) is 10.2. The Balaban J connectivity index is 1.82. The molecule has 3 rings (SSSR count). The largest absolute Gasteiger partial charge is 0.462 e. The zero-order chi connectivity index (χ0) is 22.9. The van der Waals surface area contributed by atoms with Gasteiger partial charge in [-0.3, -0.25) is 14.4 Å². The number of rotatable bonds is 6. The first-order valence-corrected chi connectivity index (χ1v) is 11.5. The maximum atomic E-state index is 12.9. The summed E-state index contributed by atoms with van der Waals surface area (Å²) in [5.74, 6) is -0.773. The van der Waals surface area contributed by atoms with E-state index in [9.17, 15) is 19.5 Å². The third-order valence-corrected chi connectivity index (χ3v) is 7.34. The summed E-state index contributed by atoms with van der Waals surface area (Å²) in [6.45, 7) is 9.70. The van der Waals surface area contributed by atoms with Crippen LogP contribution < -0.4 is 0 Å². The zero-order valence-corrected chi connectivity index (χ0v) is 19.3. The highest BCUT2D eigenvalue weighted by Gasteiger charge is 2.45. The van der Waals surface area contributed by atoms with Crippen molar-refractivity contribution in [2.75, 3.05) is 0 Å². The van der Waals surface area contributed by atoms with Crippen molar-refractivity contribution in [3.8, 4) is 0 Å². The first-order chi connectivity index (χ1) is 14.5. The number of hydrogen-bond acceptors (Lipinski definition) is 6. The van der Waals surface area contributed by atoms with Gasteiger partial charge in [0.1, 0.15) is 12.2 Å². The minimum Gasteiger partial charge on any atom is -0.462 e. The van der Waals surface area contributed by atoms with Crippen molar-refractivity contribution >= 4 is 17.7 Å². The minimum atomic E-state index is -0.669. The molecule has 0 aromatic rings. The average Bonchev–Trinajstić information content (AvgIpc) is 2.67. The Hall–Kier alpha value is -1.95. The van der Waals surface area contributed by atoms with Crippen molar-refractivity contribution in [3.63, 3.8) is 0 Å². The molecule has 172 valence electrons. The predicted octanol–water partition coefficient (Wildman–Crippen LogP) is 3.91. The third-order valence-electron chi connectivity index (χ3n) is 7.34. The molecule has 0 spiro atoms. The van der Waals surface area contributed by atoms with E-state index >= 15 is 0 Å². The number of hydrogen-bond donors (Lipinski definition) is 1. The van der Waals surface area contributed by atoms with Crippen molar-refractivity contribution in [2.45, 2.75) is 91.5 Å². The normalized spacial score (nSPS) is 33.7. The van der Waals surface area contributed by atoms with Crippen LogP contribution in [-0.4, -0.2) is 41.1 Å². The van der Waals surface area contributed by atoms with Crippen LogP contribution in [0.3, 0.4) is 0 Å². The maximum absolute atomic E-state index is 12.9. The van der Waals surface area contributed by atoms with Gasteiger partial charge in [0, 0.05) is 24.7 Å². The van der Waals surface area contributed by atoms with Crippen LogP contribution in [0.1, 0.15) is 73.1 Å². The first kappa shape index (κ1) is 23.7. The Morgan fingerprint density at radius 2 is 1.94 bits per heavy atom. The smallest absolute Gasteiger partial charge is 0.311 e. The molecular formula is C25H36O6. The summed E-state index contributed by atoms with van der Waals surface area (Å²) >= 11 is 0. The number of ether oxygens (including phenoxy) is 2. The number of cyclic esters (lactones) is 1. The fourth-order valence-electron chi connectivity index (χ4n) is 4.98. The molecule has 0 saturated carbocycles. The Labute approximate surface area is 185 Å². The molecule has 6 atom stereocenters. The van der Waals surface area contributed by atoms with Gasteiger partial charge in [0.15, 0.2) is 5.78 Å². The Kier molecular flexibility index (Phi) is 7.09. The summed E-state index contributed by atoms with van der Waals surface area (Å²) in [6.07, 6.45) is 5.51. The lowest BCUT2D eigenvalue weighted by atomic mass is 9.64. The topological polar surface area (TPSA) is 89.9 Å². The summed E-state index contributed by atoms with van der Waals surface area (Å²) in [6, 6.07) is 0. The lowest BCUT2D eigenvalue weighted by Crippen LogP contribution is -2.44. The predicted molar refractivity (Wildman–Crippen MR) is 116 cm³/mol. The molecule has 1 aliphatic heterocycles. The van der Waals surface area contributed by atoms with E-state index in [1.807, 2.05) is 34.6 Å². The fourth-order valence-corrected chi connectivity index (χ4v) is 4.98. The summed E-state index contributed by atoms with van der Waals surface area (Å²) in [7, 11) is 0. The van der Waals surface area contributed by atoms with Crippen LogP contribution in [0.4, 0.5) is 0 Å². The van der Waals surface area contributed by atoms with Gasteiger partial charge < -0.3 is 14.6 Å². The lowest BCUT2D eigenvalue weighted by Gasteiger charge is -2.43. The van der Waals surface area contributed by atoms with Crippen LogP contribution in [0.15, 0.2) is 23.3 Å². The second kappa shape index (κ2) is 9.27. The van der Waals surface area contributed by atoms with Gasteiger partial charge in [-0.2, -0.15) is 0 Å². The van der Waals surface area contributed by atoms with Gasteiger partial charge in [-0.1, -0.05) is 25.5 Å². The van der Waals surface area contributed by atoms with E-state index in [1.165, 1.54) is 0 Å². The van der Waals surface area contributed by atoms with Gasteiger partial charge in [-0.15, -0.1) is 0 Å². The molecule has 6 heteroatoms. The third kappa shape index (κ3) is 5.28. The zero-order valence-electron chi connectivity index (χ0n) is 19.3. The van der Waals surface area contributed by atoms with E-state index in [-0.39, 0.29) is 54.1 Å². The van der Waals surface area contributed by atoms with Crippen LogP contribution in [0.2, 0.25) is 0 Å². The number of esters is 2. The van der Waals surface area contributed by atoms with E-state index in [2.05, 4.69) is 6.08 Å². The van der Waals surface area contributed by atoms with Gasteiger partial charge in [0.25, 0.3) is 0 Å². The molecule has 0 amide bonds. The number of allylic oxidation sites excluding steroid dienone is 2. The van der Waals surface area contributed by atoms with E-state index in [4.69, 9.17) is 9.47 Å². The molecule has 1 saturated heterocycles. The molecule has 1 heterocycles. The number of carbonyl (C=O) groups excluding carboxylic acids is 3. The molecule has 2 aliphatic carbocycles. The molecule has 0 bridgehead atoms. The number of aliphatic hydroxyl groups is 1. The molecule has 0 unspecified atom stereocenters. The molecule has 6 nitrogen and oxygen atoms in total. The van der Waals surface area contributed by atoms with Gasteiger partial charge in [-0.05, 0) is 57.6 Å². The van der Waals surface area contributed by atoms with Crippen molar-refractivity contribution in [2.24, 2.45) is 23.2 Å². The van der Waals surface area contributed by atoms with Crippen molar-refractivity contribution in [3.05, 3.63) is 23.3 Å². The average molecular weight is 433 g/mol. The van der Waals surface area contributed by atoms with Crippen LogP contribution in [-0.2, 0) is 23.9 Å². The Bertz CT molecular complexity index is 792. The number of ketones is 1. The highest BCUT2D eigenvalue weighted by Crippen LogP contribution is 2.45. The van der Waals surface area contributed by atoms with E-state index in [0.29, 0.717) is 32.1 Å². The van der Waals surface area contributed by atoms with Gasteiger partial charge in [-0.25, -0.2) is 0 Å². The minimum absolute atomic E-state index is 0.0165. The van der Waals surface area contributed by atoms with E-state index in [0.717, 1.165) is 11.1 Å². The van der Waals surface area contributed by atoms with Gasteiger partial charge >= 0.3 is 11.9 Å². The molecule has 3 aliphatic rings. The first-order valence-electron chi connectivity index (χ1n) is 11.5. The number of carbonyl (C=O) groups is 3. The summed E-state index contributed by atoms with van der Waals surface area (Å²) in [5.41, 5.74) is 1.47. The highest BCUT2D eigenvalue weighted by atomic mass is 16.6. The maximum Gasteiger partial charge on any atom is 0.311 e. The van der Waals surface area contributed by atoms with Crippen LogP contribution >= 0.6 is 0 Å². The molecule has 1 fully saturated rings. The standard InChI is InChI=1S/C25H36O6/c1-6-25(4,5)24(29)31-21-10-14(2)9-16-11-20(27)15(3)19(23(16)21)8-7-18-12-17(26)13-22(28)30-18/h9,11,15,17-19,21,23,26H,6-8,10,12-13H2,1-5H3/t15-,17-,18-,19+,21+,23-/m1/s1. The van der Waals surface area contributed by atoms with Gasteiger partial charge in [0.2, 0.25) is 0 Å². The SMILES string of the molecule is CCC(C)(C)C(=O)O[C@H]1CC(C)=CC2=CC(=O)[C@H](C)[C@H](CC[C@@H]3C[C@@H](O)CC(=O)O3)[C@@H]21. The van der Waals surface area contributed by atoms with Crippen molar-refractivity contribution in [1.29, 1.82) is 0 Å². The van der Waals surface area contributed by atoms with Crippen molar-refractivity contribution < 1.29 is 29.0 Å². The monoisotopic (exact) mass is 432 g/mol. The van der Waals surface area contributed by atoms with Crippen LogP contribution in [0, 0.1) is 23.2 Å². The lowest BCUT2D eigenvalue weighted by molar-refractivity contribution is -0.165. The molecule has 0 aromatic carbocycles. The summed E-state index contributed by atoms with van der Waals surface area (Å²) in [4.78, 5) is 37.3. The fraction of sp³-hybridized carbons (Fsp3) is 0.720. The molecule has 0 aromatic heterocycles. The number of aliphatic hydroxyl groups excluding tert-OH is 1. The molecular weight excluding hydrogens is 396 g/mol. The quantitative estimate of drug-likeness (QED) is 0.640. The Morgan fingerprint density at radius 1 is 1.23 bits per heavy atom. The van der Waals surface area contributed by atoms with E-state index < -0.39 is 11.5 Å². The van der Waals surface area contributed by atoms with E-state index in [1.54, 1.807) is 6.08 Å². The summed E-state index contributed by atoms with van der Waals surface area (Å²) in [5, 5.41) is 9.91. The summed E-state index contributed by atoms with van der Waals surface area (Å²) < 4.78 is 11.5. The molecule has 31 heavy (non-hydrogen) atoms. The van der Waals surface area contributed by atoms with Crippen LogP contribution in [0.5, 0.6) is 0 Å². The number of fused-ring (bicyclic) bond motifs is 1. The second-order valence-electron chi connectivity index (χ2n) is 10.2. The van der Waals surface area contributed by atoms with Crippen LogP contribution in [0.25, 0.3) is 0 Å². The highest BCUT2D eigenvalue weighted by molar-refractivity contribution is 5.94. The Morgan fingerprint density at radius 3 is 2.58 bits per heavy atom. The molecule has 0 radical (unpaired) electrons. The van der Waals surface area contributed by atoms with Crippen molar-refractivity contribution in [1.82, 2.24) is 0 Å².